The quantitative estimate of drug-likeness (QED) is 0.715. The van der Waals surface area contributed by atoms with Gasteiger partial charge in [0.2, 0.25) is 0 Å². The molecule has 0 bridgehead atoms. The monoisotopic (exact) mass is 211 g/mol. The number of ketones is 1. The molecule has 0 atom stereocenters. The van der Waals surface area contributed by atoms with Gasteiger partial charge in [-0.3, -0.25) is 4.79 Å². The van der Waals surface area contributed by atoms with Crippen molar-refractivity contribution in [2.45, 2.75) is 58.9 Å². The zero-order valence-corrected chi connectivity index (χ0v) is 10.7. The van der Waals surface area contributed by atoms with E-state index < -0.39 is 0 Å². The first-order chi connectivity index (χ1) is 6.88. The number of Topliss-reactive ketones (excluding diaryl/α,β-unsaturated/α-hetero) is 1. The fourth-order valence-electron chi connectivity index (χ4n) is 2.06. The summed E-state index contributed by atoms with van der Waals surface area (Å²) in [6, 6.07) is 0.644. The first kappa shape index (κ1) is 12.7. The zero-order chi connectivity index (χ0) is 11.5. The molecule has 1 aliphatic carbocycles. The highest BCUT2D eigenvalue weighted by atomic mass is 16.1. The Kier molecular flexibility index (Phi) is 4.32. The minimum Gasteiger partial charge on any atom is -0.303 e. The number of carbonyl (C=O) groups is 1. The van der Waals surface area contributed by atoms with Crippen LogP contribution < -0.4 is 0 Å². The van der Waals surface area contributed by atoms with Crippen molar-refractivity contribution in [1.82, 2.24) is 4.90 Å². The van der Waals surface area contributed by atoms with E-state index in [9.17, 15) is 4.79 Å². The average molecular weight is 211 g/mol. The Bertz CT molecular complexity index is 207. The molecular weight excluding hydrogens is 186 g/mol. The van der Waals surface area contributed by atoms with E-state index in [4.69, 9.17) is 0 Å². The number of carbonyl (C=O) groups excluding carboxylic acids is 1. The van der Waals surface area contributed by atoms with Gasteiger partial charge in [-0.1, -0.05) is 20.8 Å². The smallest absolute Gasteiger partial charge is 0.133 e. The lowest BCUT2D eigenvalue weighted by molar-refractivity contribution is -0.121. The molecule has 0 unspecified atom stereocenters. The molecule has 2 nitrogen and oxygen atoms in total. The van der Waals surface area contributed by atoms with E-state index in [1.54, 1.807) is 0 Å². The predicted octanol–water partition coefficient (Wildman–Crippen LogP) is 2.87. The summed E-state index contributed by atoms with van der Waals surface area (Å²) in [6.45, 7) is 8.00. The van der Waals surface area contributed by atoms with Crippen molar-refractivity contribution >= 4 is 5.78 Å². The van der Waals surface area contributed by atoms with Gasteiger partial charge in [0.25, 0.3) is 0 Å². The van der Waals surface area contributed by atoms with Crippen LogP contribution in [0.3, 0.4) is 0 Å². The van der Waals surface area contributed by atoms with Gasteiger partial charge in [-0.05, 0) is 38.3 Å². The van der Waals surface area contributed by atoms with Crippen molar-refractivity contribution in [3.05, 3.63) is 0 Å². The summed E-state index contributed by atoms with van der Waals surface area (Å²) in [5.41, 5.74) is 0.415. The topological polar surface area (TPSA) is 20.3 Å². The molecule has 88 valence electrons. The number of hydrogen-bond acceptors (Lipinski definition) is 2. The molecule has 0 aromatic heterocycles. The van der Waals surface area contributed by atoms with Crippen LogP contribution in [0.1, 0.15) is 52.9 Å². The van der Waals surface area contributed by atoms with Gasteiger partial charge in [0.15, 0.2) is 0 Å². The Hall–Kier alpha value is -0.370. The molecule has 0 aliphatic heterocycles. The summed E-state index contributed by atoms with van der Waals surface area (Å²) in [7, 11) is 2.20. The van der Waals surface area contributed by atoms with Crippen LogP contribution in [0.15, 0.2) is 0 Å². The van der Waals surface area contributed by atoms with Crippen molar-refractivity contribution < 1.29 is 4.79 Å². The molecule has 1 saturated carbocycles. The van der Waals surface area contributed by atoms with Crippen LogP contribution in [0.2, 0.25) is 0 Å². The minimum atomic E-state index is 0.415. The van der Waals surface area contributed by atoms with Crippen LogP contribution in [0.5, 0.6) is 0 Å². The molecule has 0 N–H and O–H groups in total. The third kappa shape index (κ3) is 4.78. The largest absolute Gasteiger partial charge is 0.303 e. The molecule has 0 amide bonds. The number of rotatable bonds is 3. The van der Waals surface area contributed by atoms with E-state index in [1.807, 2.05) is 0 Å². The van der Waals surface area contributed by atoms with Crippen LogP contribution in [0.25, 0.3) is 0 Å². The van der Waals surface area contributed by atoms with Gasteiger partial charge in [-0.15, -0.1) is 0 Å². The molecular formula is C13H25NO. The van der Waals surface area contributed by atoms with Crippen molar-refractivity contribution in [3.63, 3.8) is 0 Å². The Morgan fingerprint density at radius 2 is 1.80 bits per heavy atom. The van der Waals surface area contributed by atoms with E-state index in [1.165, 1.54) is 6.42 Å². The lowest BCUT2D eigenvalue weighted by Crippen LogP contribution is -2.37. The summed E-state index contributed by atoms with van der Waals surface area (Å²) in [5.74, 6) is 0.454. The Morgan fingerprint density at radius 3 is 2.27 bits per heavy atom. The third-order valence-electron chi connectivity index (χ3n) is 3.35. The maximum atomic E-state index is 11.1. The second-order valence-electron chi connectivity index (χ2n) is 6.06. The van der Waals surface area contributed by atoms with E-state index in [-0.39, 0.29) is 0 Å². The molecule has 0 radical (unpaired) electrons. The van der Waals surface area contributed by atoms with Gasteiger partial charge < -0.3 is 4.90 Å². The summed E-state index contributed by atoms with van der Waals surface area (Å²) < 4.78 is 0. The fraction of sp³-hybridized carbons (Fsp3) is 0.923. The molecule has 15 heavy (non-hydrogen) atoms. The summed E-state index contributed by atoms with van der Waals surface area (Å²) >= 11 is 0. The van der Waals surface area contributed by atoms with E-state index in [0.717, 1.165) is 32.2 Å². The molecule has 1 aliphatic rings. The normalized spacial score (nSPS) is 19.9. The SMILES string of the molecule is CN(CCC(C)(C)C)C1CCC(=O)CC1. The van der Waals surface area contributed by atoms with Gasteiger partial charge >= 0.3 is 0 Å². The fourth-order valence-corrected chi connectivity index (χ4v) is 2.06. The highest BCUT2D eigenvalue weighted by molar-refractivity contribution is 5.79. The van der Waals surface area contributed by atoms with Crippen LogP contribution in [0.4, 0.5) is 0 Å². The summed E-state index contributed by atoms with van der Waals surface area (Å²) in [6.07, 6.45) is 4.96. The lowest BCUT2D eigenvalue weighted by atomic mass is 9.90. The summed E-state index contributed by atoms with van der Waals surface area (Å²) in [5, 5.41) is 0. The van der Waals surface area contributed by atoms with Crippen molar-refractivity contribution in [1.29, 1.82) is 0 Å². The highest BCUT2D eigenvalue weighted by Crippen LogP contribution is 2.23. The van der Waals surface area contributed by atoms with Crippen molar-refractivity contribution in [2.24, 2.45) is 5.41 Å². The van der Waals surface area contributed by atoms with E-state index in [0.29, 0.717) is 17.2 Å². The molecule has 0 heterocycles. The van der Waals surface area contributed by atoms with Crippen LogP contribution in [-0.4, -0.2) is 30.3 Å². The molecule has 2 heteroatoms. The standard InChI is InChI=1S/C13H25NO/c1-13(2,3)9-10-14(4)11-5-7-12(15)8-6-11/h11H,5-10H2,1-4H3. The van der Waals surface area contributed by atoms with Gasteiger partial charge in [0.1, 0.15) is 5.78 Å². The Balaban J connectivity index is 2.28. The predicted molar refractivity (Wildman–Crippen MR) is 64.0 cm³/mol. The first-order valence-electron chi connectivity index (χ1n) is 6.10. The first-order valence-corrected chi connectivity index (χ1v) is 6.10. The average Bonchev–Trinajstić information content (AvgIpc) is 2.14. The van der Waals surface area contributed by atoms with Gasteiger partial charge in [-0.2, -0.15) is 0 Å². The Morgan fingerprint density at radius 1 is 1.27 bits per heavy atom. The second-order valence-corrected chi connectivity index (χ2v) is 6.06. The molecule has 0 aromatic rings. The molecule has 1 rings (SSSR count). The molecule has 0 saturated heterocycles. The second kappa shape index (κ2) is 5.11. The highest BCUT2D eigenvalue weighted by Gasteiger charge is 2.22. The van der Waals surface area contributed by atoms with Gasteiger partial charge in [0, 0.05) is 18.9 Å². The molecule has 0 aromatic carbocycles. The van der Waals surface area contributed by atoms with Gasteiger partial charge in [0.05, 0.1) is 0 Å². The maximum absolute atomic E-state index is 11.1. The van der Waals surface area contributed by atoms with Crippen LogP contribution in [0, 0.1) is 5.41 Å². The van der Waals surface area contributed by atoms with Crippen molar-refractivity contribution in [2.75, 3.05) is 13.6 Å². The lowest BCUT2D eigenvalue weighted by Gasteiger charge is -2.32. The number of nitrogens with zero attached hydrogens (tertiary/aromatic N) is 1. The van der Waals surface area contributed by atoms with Crippen molar-refractivity contribution in [3.8, 4) is 0 Å². The minimum absolute atomic E-state index is 0.415. The van der Waals surface area contributed by atoms with Crippen LogP contribution >= 0.6 is 0 Å². The molecule has 0 spiro atoms. The third-order valence-corrected chi connectivity index (χ3v) is 3.35. The number of hydrogen-bond donors (Lipinski definition) is 0. The zero-order valence-electron chi connectivity index (χ0n) is 10.7. The van der Waals surface area contributed by atoms with Crippen LogP contribution in [-0.2, 0) is 4.79 Å². The maximum Gasteiger partial charge on any atom is 0.133 e. The Labute approximate surface area is 94.0 Å². The summed E-state index contributed by atoms with van der Waals surface area (Å²) in [4.78, 5) is 13.6. The van der Waals surface area contributed by atoms with E-state index in [2.05, 4.69) is 32.7 Å². The molecule has 1 fully saturated rings. The van der Waals surface area contributed by atoms with Gasteiger partial charge in [-0.25, -0.2) is 0 Å². The van der Waals surface area contributed by atoms with E-state index >= 15 is 0 Å².